The first-order chi connectivity index (χ1) is 30.7. The molecular weight excluding hydrogens is 761 g/mol. The molecule has 0 aliphatic heterocycles. The summed E-state index contributed by atoms with van der Waals surface area (Å²) in [7, 11) is 0. The van der Waals surface area contributed by atoms with E-state index in [4.69, 9.17) is 9.47 Å². The van der Waals surface area contributed by atoms with E-state index in [0.717, 1.165) is 19.3 Å². The van der Waals surface area contributed by atoms with Crippen molar-refractivity contribution in [3.8, 4) is 0 Å². The quantitative estimate of drug-likeness (QED) is 0.0489. The van der Waals surface area contributed by atoms with Gasteiger partial charge in [-0.2, -0.15) is 0 Å². The molecule has 0 aliphatic carbocycles. The van der Waals surface area contributed by atoms with Gasteiger partial charge in [0.05, 0.1) is 13.2 Å². The second kappa shape index (κ2) is 56.5. The van der Waals surface area contributed by atoms with Gasteiger partial charge in [0.25, 0.3) is 0 Å². The second-order valence-corrected chi connectivity index (χ2v) is 20.1. The minimum Gasteiger partial charge on any atom is -0.457 e. The minimum absolute atomic E-state index is 0.162. The molecule has 372 valence electrons. The summed E-state index contributed by atoms with van der Waals surface area (Å²) >= 11 is 0. The van der Waals surface area contributed by atoms with Crippen molar-refractivity contribution in [1.29, 1.82) is 0 Å². The highest BCUT2D eigenvalue weighted by molar-refractivity contribution is 5.69. The first-order valence-corrected chi connectivity index (χ1v) is 29.1. The molecule has 0 fully saturated rings. The highest BCUT2D eigenvalue weighted by atomic mass is 16.6. The van der Waals surface area contributed by atoms with Crippen molar-refractivity contribution in [2.45, 2.75) is 347 Å². The number of rotatable bonds is 56. The molecule has 0 spiro atoms. The van der Waals surface area contributed by atoms with Crippen LogP contribution in [0.2, 0.25) is 0 Å². The van der Waals surface area contributed by atoms with E-state index in [1.807, 2.05) is 0 Å². The summed E-state index contributed by atoms with van der Waals surface area (Å²) in [5.41, 5.74) is 0. The van der Waals surface area contributed by atoms with Crippen molar-refractivity contribution in [3.63, 3.8) is 0 Å². The topological polar surface area (TPSA) is 55.8 Å². The number of esters is 1. The number of unbranched alkanes of at least 4 members (excludes halogenated alkanes) is 48. The Morgan fingerprint density at radius 3 is 0.758 bits per heavy atom. The van der Waals surface area contributed by atoms with Crippen LogP contribution in [0.3, 0.4) is 0 Å². The SMILES string of the molecule is CCCCCCCCCCCCCCCCCCCCCCCCCCCOCC(CO)OC(=O)CCCCCCCCCCCCCCCCCCCCCCCCCCC. The Hall–Kier alpha value is -0.610. The Bertz CT molecular complexity index is 800. The summed E-state index contributed by atoms with van der Waals surface area (Å²) < 4.78 is 11.3. The summed E-state index contributed by atoms with van der Waals surface area (Å²) in [6.45, 7) is 5.43. The van der Waals surface area contributed by atoms with Crippen LogP contribution in [-0.4, -0.2) is 37.0 Å². The predicted molar refractivity (Wildman–Crippen MR) is 275 cm³/mol. The summed E-state index contributed by atoms with van der Waals surface area (Å²) in [4.78, 5) is 12.3. The summed E-state index contributed by atoms with van der Waals surface area (Å²) in [5, 5.41) is 9.68. The highest BCUT2D eigenvalue weighted by Crippen LogP contribution is 2.18. The van der Waals surface area contributed by atoms with Gasteiger partial charge in [-0.1, -0.05) is 322 Å². The van der Waals surface area contributed by atoms with E-state index in [1.54, 1.807) is 0 Å². The molecule has 1 N–H and O–H groups in total. The second-order valence-electron chi connectivity index (χ2n) is 20.1. The molecule has 1 unspecified atom stereocenters. The zero-order chi connectivity index (χ0) is 44.8. The van der Waals surface area contributed by atoms with Crippen molar-refractivity contribution in [2.75, 3.05) is 19.8 Å². The Morgan fingerprint density at radius 2 is 0.532 bits per heavy atom. The van der Waals surface area contributed by atoms with Crippen LogP contribution < -0.4 is 0 Å². The fourth-order valence-corrected chi connectivity index (χ4v) is 9.34. The molecular formula is C58H116O4. The van der Waals surface area contributed by atoms with Crippen molar-refractivity contribution < 1.29 is 19.4 Å². The van der Waals surface area contributed by atoms with Crippen LogP contribution in [0.25, 0.3) is 0 Å². The van der Waals surface area contributed by atoms with Gasteiger partial charge in [-0.3, -0.25) is 4.79 Å². The molecule has 4 heteroatoms. The molecule has 0 amide bonds. The molecule has 0 rings (SSSR count). The number of carbonyl (C=O) groups is 1. The van der Waals surface area contributed by atoms with Crippen LogP contribution in [-0.2, 0) is 14.3 Å². The molecule has 0 bridgehead atoms. The van der Waals surface area contributed by atoms with E-state index in [-0.39, 0.29) is 12.6 Å². The van der Waals surface area contributed by atoms with Gasteiger partial charge in [0.15, 0.2) is 0 Å². The van der Waals surface area contributed by atoms with Crippen LogP contribution in [0, 0.1) is 0 Å². The molecule has 0 aromatic heterocycles. The molecule has 62 heavy (non-hydrogen) atoms. The molecule has 4 nitrogen and oxygen atoms in total. The Morgan fingerprint density at radius 1 is 0.323 bits per heavy atom. The fraction of sp³-hybridized carbons (Fsp3) is 0.983. The average molecular weight is 878 g/mol. The van der Waals surface area contributed by atoms with E-state index in [2.05, 4.69) is 13.8 Å². The van der Waals surface area contributed by atoms with E-state index < -0.39 is 6.10 Å². The number of hydrogen-bond acceptors (Lipinski definition) is 4. The van der Waals surface area contributed by atoms with Crippen molar-refractivity contribution in [2.24, 2.45) is 0 Å². The van der Waals surface area contributed by atoms with Gasteiger partial charge >= 0.3 is 5.97 Å². The Balaban J connectivity index is 3.30. The summed E-state index contributed by atoms with van der Waals surface area (Å²) in [6.07, 6.45) is 69.5. The Kier molecular flexibility index (Phi) is 56.0. The molecule has 0 radical (unpaired) electrons. The van der Waals surface area contributed by atoms with Crippen LogP contribution in [0.4, 0.5) is 0 Å². The van der Waals surface area contributed by atoms with E-state index in [0.29, 0.717) is 19.6 Å². The number of aliphatic hydroxyl groups is 1. The summed E-state index contributed by atoms with van der Waals surface area (Å²) in [6, 6.07) is 0. The normalized spacial score (nSPS) is 12.1. The average Bonchev–Trinajstić information content (AvgIpc) is 3.28. The van der Waals surface area contributed by atoms with Crippen molar-refractivity contribution >= 4 is 5.97 Å². The van der Waals surface area contributed by atoms with Gasteiger partial charge < -0.3 is 14.6 Å². The van der Waals surface area contributed by atoms with Gasteiger partial charge in [-0.25, -0.2) is 0 Å². The molecule has 0 saturated carbocycles. The third-order valence-corrected chi connectivity index (χ3v) is 13.7. The number of carbonyl (C=O) groups excluding carboxylic acids is 1. The summed E-state index contributed by atoms with van der Waals surface area (Å²) in [5.74, 6) is -0.188. The molecule has 0 heterocycles. The van der Waals surface area contributed by atoms with Gasteiger partial charge in [0, 0.05) is 13.0 Å². The first kappa shape index (κ1) is 61.4. The van der Waals surface area contributed by atoms with Crippen LogP contribution in [0.5, 0.6) is 0 Å². The predicted octanol–water partition coefficient (Wildman–Crippen LogP) is 19.8. The maximum absolute atomic E-state index is 12.3. The lowest BCUT2D eigenvalue weighted by Gasteiger charge is -2.16. The zero-order valence-electron chi connectivity index (χ0n) is 42.9. The van der Waals surface area contributed by atoms with Gasteiger partial charge in [0.1, 0.15) is 6.10 Å². The lowest BCUT2D eigenvalue weighted by molar-refractivity contribution is -0.154. The monoisotopic (exact) mass is 877 g/mol. The molecule has 0 saturated heterocycles. The van der Waals surface area contributed by atoms with E-state index in [9.17, 15) is 9.90 Å². The van der Waals surface area contributed by atoms with Crippen LogP contribution >= 0.6 is 0 Å². The van der Waals surface area contributed by atoms with E-state index in [1.165, 1.54) is 302 Å². The van der Waals surface area contributed by atoms with Crippen molar-refractivity contribution in [1.82, 2.24) is 0 Å². The molecule has 0 aliphatic rings. The zero-order valence-corrected chi connectivity index (χ0v) is 42.9. The number of ether oxygens (including phenoxy) is 2. The molecule has 1 atom stereocenters. The largest absolute Gasteiger partial charge is 0.457 e. The maximum Gasteiger partial charge on any atom is 0.306 e. The number of hydrogen-bond donors (Lipinski definition) is 1. The maximum atomic E-state index is 12.3. The lowest BCUT2D eigenvalue weighted by atomic mass is 10.0. The first-order valence-electron chi connectivity index (χ1n) is 29.1. The third-order valence-electron chi connectivity index (χ3n) is 13.7. The van der Waals surface area contributed by atoms with Crippen LogP contribution in [0.1, 0.15) is 341 Å². The molecule has 0 aromatic rings. The van der Waals surface area contributed by atoms with Gasteiger partial charge in [0.2, 0.25) is 0 Å². The standard InChI is InChI=1S/C58H116O4/c1-3-5-7-9-11-13-15-17-19-21-23-25-27-29-31-33-35-37-39-41-43-45-47-49-51-53-58(60)62-57(55-59)56-61-54-52-50-48-46-44-42-40-38-36-34-32-30-28-26-24-22-20-18-16-14-12-10-8-6-4-2/h57,59H,3-56H2,1-2H3. The Labute approximate surface area is 391 Å². The smallest absolute Gasteiger partial charge is 0.306 e. The third kappa shape index (κ3) is 53.7. The van der Waals surface area contributed by atoms with Gasteiger partial charge in [-0.15, -0.1) is 0 Å². The van der Waals surface area contributed by atoms with Crippen molar-refractivity contribution in [3.05, 3.63) is 0 Å². The lowest BCUT2D eigenvalue weighted by Crippen LogP contribution is -2.27. The highest BCUT2D eigenvalue weighted by Gasteiger charge is 2.13. The fourth-order valence-electron chi connectivity index (χ4n) is 9.34. The molecule has 0 aromatic carbocycles. The minimum atomic E-state index is -0.527. The van der Waals surface area contributed by atoms with E-state index >= 15 is 0 Å². The number of aliphatic hydroxyl groups excluding tert-OH is 1. The van der Waals surface area contributed by atoms with Crippen LogP contribution in [0.15, 0.2) is 0 Å². The van der Waals surface area contributed by atoms with Gasteiger partial charge in [-0.05, 0) is 12.8 Å².